The van der Waals surface area contributed by atoms with E-state index in [9.17, 15) is 4.79 Å². The summed E-state index contributed by atoms with van der Waals surface area (Å²) in [6.07, 6.45) is 0.656. The number of rotatable bonds is 4. The first-order valence-corrected chi connectivity index (χ1v) is 6.72. The largest absolute Gasteiger partial charge is 0.492 e. The molecule has 0 saturated carbocycles. The highest BCUT2D eigenvalue weighted by Gasteiger charge is 2.35. The smallest absolute Gasteiger partial charge is 0.231 e. The second-order valence-electron chi connectivity index (χ2n) is 4.94. The van der Waals surface area contributed by atoms with Crippen LogP contribution in [0.2, 0.25) is 0 Å². The summed E-state index contributed by atoms with van der Waals surface area (Å²) in [5.41, 5.74) is 5.98. The van der Waals surface area contributed by atoms with Crippen molar-refractivity contribution in [2.75, 3.05) is 6.61 Å². The van der Waals surface area contributed by atoms with Gasteiger partial charge >= 0.3 is 0 Å². The average Bonchev–Trinajstić information content (AvgIpc) is 2.82. The van der Waals surface area contributed by atoms with Gasteiger partial charge in [-0.1, -0.05) is 37.3 Å². The number of benzene rings is 1. The maximum atomic E-state index is 12.4. The maximum Gasteiger partial charge on any atom is 0.231 e. The van der Waals surface area contributed by atoms with Crippen molar-refractivity contribution in [3.63, 3.8) is 0 Å². The van der Waals surface area contributed by atoms with Gasteiger partial charge < -0.3 is 15.8 Å². The number of carbonyl (C=O) groups excluding carboxylic acids is 1. The predicted octanol–water partition coefficient (Wildman–Crippen LogP) is 1.73. The summed E-state index contributed by atoms with van der Waals surface area (Å²) >= 11 is 5.03. The molecule has 5 heteroatoms. The van der Waals surface area contributed by atoms with E-state index in [0.29, 0.717) is 18.0 Å². The van der Waals surface area contributed by atoms with Crippen molar-refractivity contribution in [1.82, 2.24) is 5.32 Å². The first kappa shape index (κ1) is 13.8. The van der Waals surface area contributed by atoms with Gasteiger partial charge in [0.15, 0.2) is 0 Å². The number of carbonyl (C=O) groups is 1. The molecule has 1 aliphatic heterocycles. The van der Waals surface area contributed by atoms with E-state index < -0.39 is 5.54 Å². The Kier molecular flexibility index (Phi) is 3.75. The number of nitrogens with one attached hydrogen (secondary N) is 1. The van der Waals surface area contributed by atoms with Gasteiger partial charge in [0.25, 0.3) is 0 Å². The van der Waals surface area contributed by atoms with Crippen molar-refractivity contribution in [1.29, 1.82) is 0 Å². The second kappa shape index (κ2) is 5.17. The van der Waals surface area contributed by atoms with Crippen molar-refractivity contribution < 1.29 is 9.53 Å². The lowest BCUT2D eigenvalue weighted by Gasteiger charge is -2.29. The zero-order chi connectivity index (χ0) is 14.0. The molecule has 1 aromatic carbocycles. The molecule has 19 heavy (non-hydrogen) atoms. The van der Waals surface area contributed by atoms with Gasteiger partial charge in [-0.05, 0) is 19.4 Å². The van der Waals surface area contributed by atoms with Crippen LogP contribution in [0.15, 0.2) is 24.3 Å². The number of hydrogen-bond acceptors (Lipinski definition) is 3. The lowest BCUT2D eigenvalue weighted by atomic mass is 9.95. The Morgan fingerprint density at radius 3 is 2.89 bits per heavy atom. The molecule has 0 aromatic heterocycles. The molecular formula is C14H18N2O2S. The monoisotopic (exact) mass is 278 g/mol. The molecule has 2 rings (SSSR count). The van der Waals surface area contributed by atoms with Crippen molar-refractivity contribution in [3.8, 4) is 5.75 Å². The first-order valence-electron chi connectivity index (χ1n) is 6.31. The molecule has 0 fully saturated rings. The highest BCUT2D eigenvalue weighted by Crippen LogP contribution is 2.33. The van der Waals surface area contributed by atoms with Gasteiger partial charge in [-0.25, -0.2) is 0 Å². The Balaban J connectivity index is 2.17. The molecule has 0 spiro atoms. The van der Waals surface area contributed by atoms with E-state index in [1.54, 1.807) is 0 Å². The van der Waals surface area contributed by atoms with Crippen LogP contribution in [0.4, 0.5) is 0 Å². The molecule has 3 N–H and O–H groups in total. The van der Waals surface area contributed by atoms with Crippen LogP contribution in [0.3, 0.4) is 0 Å². The van der Waals surface area contributed by atoms with Crippen LogP contribution in [0.25, 0.3) is 0 Å². The van der Waals surface area contributed by atoms with Crippen LogP contribution in [-0.4, -0.2) is 23.0 Å². The number of thiocarbonyl (C=S) groups is 1. The van der Waals surface area contributed by atoms with Gasteiger partial charge in [0, 0.05) is 5.56 Å². The topological polar surface area (TPSA) is 64.3 Å². The normalized spacial score (nSPS) is 20.0. The quantitative estimate of drug-likeness (QED) is 0.823. The fraction of sp³-hybridized carbons (Fsp3) is 0.429. The van der Waals surface area contributed by atoms with Gasteiger partial charge in [0.2, 0.25) is 5.91 Å². The van der Waals surface area contributed by atoms with Crippen molar-refractivity contribution in [2.45, 2.75) is 31.7 Å². The molecular weight excluding hydrogens is 260 g/mol. The third-order valence-corrected chi connectivity index (χ3v) is 4.12. The first-order chi connectivity index (χ1) is 8.98. The molecule has 102 valence electrons. The molecule has 0 bridgehead atoms. The summed E-state index contributed by atoms with van der Waals surface area (Å²) in [5, 5.41) is 2.94. The minimum absolute atomic E-state index is 0.0953. The zero-order valence-electron chi connectivity index (χ0n) is 11.1. The zero-order valence-corrected chi connectivity index (χ0v) is 11.9. The van der Waals surface area contributed by atoms with Gasteiger partial charge in [0.05, 0.1) is 10.5 Å². The Labute approximate surface area is 118 Å². The number of hydrogen-bond donors (Lipinski definition) is 2. The van der Waals surface area contributed by atoms with Crippen molar-refractivity contribution in [2.24, 2.45) is 5.73 Å². The molecule has 2 unspecified atom stereocenters. The van der Waals surface area contributed by atoms with Crippen LogP contribution in [0, 0.1) is 0 Å². The molecule has 0 aliphatic carbocycles. The van der Waals surface area contributed by atoms with E-state index in [0.717, 1.165) is 11.3 Å². The predicted molar refractivity (Wildman–Crippen MR) is 78.3 cm³/mol. The Morgan fingerprint density at radius 1 is 1.58 bits per heavy atom. The van der Waals surface area contributed by atoms with Crippen LogP contribution < -0.4 is 15.8 Å². The molecule has 4 nitrogen and oxygen atoms in total. The molecule has 1 aliphatic rings. The maximum absolute atomic E-state index is 12.4. The van der Waals surface area contributed by atoms with Gasteiger partial charge in [-0.15, -0.1) is 0 Å². The van der Waals surface area contributed by atoms with Gasteiger partial charge in [0.1, 0.15) is 18.3 Å². The summed E-state index contributed by atoms with van der Waals surface area (Å²) in [5.74, 6) is 0.384. The molecule has 1 aromatic rings. The lowest BCUT2D eigenvalue weighted by molar-refractivity contribution is -0.123. The third kappa shape index (κ3) is 2.56. The molecule has 1 heterocycles. The summed E-state index contributed by atoms with van der Waals surface area (Å²) in [7, 11) is 0. The summed E-state index contributed by atoms with van der Waals surface area (Å²) in [6, 6.07) is 7.58. The second-order valence-corrected chi connectivity index (χ2v) is 5.38. The van der Waals surface area contributed by atoms with E-state index in [1.807, 2.05) is 38.1 Å². The number of fused-ring (bicyclic) bond motifs is 1. The van der Waals surface area contributed by atoms with Crippen LogP contribution >= 0.6 is 12.2 Å². The lowest BCUT2D eigenvalue weighted by Crippen LogP contribution is -2.55. The van der Waals surface area contributed by atoms with Gasteiger partial charge in [-0.2, -0.15) is 0 Å². The SMILES string of the molecule is CCC(C)(NC(=O)C1COc2ccccc21)C(N)=S. The minimum Gasteiger partial charge on any atom is -0.492 e. The standard InChI is InChI=1S/C14H18N2O2S/c1-3-14(2,13(15)19)16-12(17)10-8-18-11-7-5-4-6-9(10)11/h4-7,10H,3,8H2,1-2H3,(H2,15,19)(H,16,17). The number of ether oxygens (including phenoxy) is 1. The fourth-order valence-electron chi connectivity index (χ4n) is 2.06. The van der Waals surface area contributed by atoms with E-state index >= 15 is 0 Å². The summed E-state index contributed by atoms with van der Waals surface area (Å²) < 4.78 is 5.52. The Bertz CT molecular complexity index is 518. The van der Waals surface area contributed by atoms with Crippen LogP contribution in [0.1, 0.15) is 31.7 Å². The third-order valence-electron chi connectivity index (χ3n) is 3.67. The number of nitrogens with two attached hydrogens (primary N) is 1. The highest BCUT2D eigenvalue weighted by atomic mass is 32.1. The summed E-state index contributed by atoms with van der Waals surface area (Å²) in [4.78, 5) is 12.7. The minimum atomic E-state index is -0.649. The average molecular weight is 278 g/mol. The number of para-hydroxylation sites is 1. The van der Waals surface area contributed by atoms with E-state index in [4.69, 9.17) is 22.7 Å². The molecule has 0 radical (unpaired) electrons. The highest BCUT2D eigenvalue weighted by molar-refractivity contribution is 7.80. The molecule has 1 amide bonds. The van der Waals surface area contributed by atoms with Gasteiger partial charge in [-0.3, -0.25) is 4.79 Å². The molecule has 2 atom stereocenters. The Hall–Kier alpha value is -1.62. The fourth-order valence-corrected chi connectivity index (χ4v) is 2.26. The summed E-state index contributed by atoms with van der Waals surface area (Å²) in [6.45, 7) is 4.15. The number of amides is 1. The van der Waals surface area contributed by atoms with E-state index in [2.05, 4.69) is 5.32 Å². The van der Waals surface area contributed by atoms with Crippen molar-refractivity contribution >= 4 is 23.1 Å². The van der Waals surface area contributed by atoms with E-state index in [1.165, 1.54) is 0 Å². The van der Waals surface area contributed by atoms with Crippen molar-refractivity contribution in [3.05, 3.63) is 29.8 Å². The molecule has 0 saturated heterocycles. The Morgan fingerprint density at radius 2 is 2.26 bits per heavy atom. The van der Waals surface area contributed by atoms with Crippen LogP contribution in [-0.2, 0) is 4.79 Å². The van der Waals surface area contributed by atoms with Crippen LogP contribution in [0.5, 0.6) is 5.75 Å². The van der Waals surface area contributed by atoms with E-state index in [-0.39, 0.29) is 11.8 Å².